The topological polar surface area (TPSA) is 189 Å². The van der Waals surface area contributed by atoms with E-state index in [0.29, 0.717) is 18.4 Å². The van der Waals surface area contributed by atoms with Crippen LogP contribution in [0.4, 0.5) is 0 Å². The van der Waals surface area contributed by atoms with Crippen LogP contribution in [-0.4, -0.2) is 75.8 Å². The minimum absolute atomic E-state index is 0. The van der Waals surface area contributed by atoms with Gasteiger partial charge in [-0.25, -0.2) is 0 Å². The second-order valence-electron chi connectivity index (χ2n) is 10.9. The SMILES string of the molecule is C.CC1C[C@@H](O[C@H](C)CCC(=O)O[C@H](CNC(=O)CCC(=O)O)c2ccccc2)C(O)C[C@H]1O.NC[C@@H](O)c1ccccc1. The van der Waals surface area contributed by atoms with Crippen LogP contribution in [0.2, 0.25) is 0 Å². The van der Waals surface area contributed by atoms with Crippen LogP contribution >= 0.6 is 0 Å². The lowest BCUT2D eigenvalue weighted by Gasteiger charge is -2.36. The molecular formula is C33H50N2O9. The van der Waals surface area contributed by atoms with Gasteiger partial charge in [0, 0.05) is 25.8 Å². The van der Waals surface area contributed by atoms with Gasteiger partial charge in [0.1, 0.15) is 6.10 Å². The van der Waals surface area contributed by atoms with Crippen LogP contribution in [0.25, 0.3) is 0 Å². The molecule has 7 N–H and O–H groups in total. The summed E-state index contributed by atoms with van der Waals surface area (Å²) in [6.07, 6.45) is -2.27. The summed E-state index contributed by atoms with van der Waals surface area (Å²) in [5, 5.41) is 40.5. The Balaban J connectivity index is 0.000000745. The Bertz CT molecular complexity index is 1100. The third-order valence-electron chi connectivity index (χ3n) is 7.24. The zero-order chi connectivity index (χ0) is 31.8. The second kappa shape index (κ2) is 20.6. The highest BCUT2D eigenvalue weighted by molar-refractivity contribution is 5.80. The number of nitrogens with two attached hydrogens (primary N) is 1. The van der Waals surface area contributed by atoms with Crippen LogP contribution in [-0.2, 0) is 23.9 Å². The third kappa shape index (κ3) is 14.4. The molecule has 1 saturated carbocycles. The van der Waals surface area contributed by atoms with E-state index in [0.717, 1.165) is 5.56 Å². The van der Waals surface area contributed by atoms with Gasteiger partial charge in [0.05, 0.1) is 43.5 Å². The van der Waals surface area contributed by atoms with Crippen LogP contribution < -0.4 is 11.1 Å². The van der Waals surface area contributed by atoms with E-state index < -0.39 is 42.3 Å². The first kappa shape index (κ1) is 38.7. The number of esters is 1. The summed E-state index contributed by atoms with van der Waals surface area (Å²) in [6.45, 7) is 4.06. The van der Waals surface area contributed by atoms with Crippen LogP contribution in [0.3, 0.4) is 0 Å². The van der Waals surface area contributed by atoms with Gasteiger partial charge in [-0.3, -0.25) is 14.4 Å². The molecule has 44 heavy (non-hydrogen) atoms. The third-order valence-corrected chi connectivity index (χ3v) is 7.24. The molecule has 3 rings (SSSR count). The van der Waals surface area contributed by atoms with Gasteiger partial charge in [-0.05, 0) is 36.8 Å². The van der Waals surface area contributed by atoms with Gasteiger partial charge < -0.3 is 41.0 Å². The Hall–Kier alpha value is -3.35. The first-order chi connectivity index (χ1) is 20.5. The summed E-state index contributed by atoms with van der Waals surface area (Å²) in [7, 11) is 0. The number of aliphatic hydroxyl groups excluding tert-OH is 3. The average Bonchev–Trinajstić information content (AvgIpc) is 3.00. The van der Waals surface area contributed by atoms with E-state index in [1.54, 1.807) is 24.3 Å². The first-order valence-corrected chi connectivity index (χ1v) is 14.7. The van der Waals surface area contributed by atoms with E-state index in [1.165, 1.54) is 0 Å². The zero-order valence-electron chi connectivity index (χ0n) is 24.9. The molecule has 11 nitrogen and oxygen atoms in total. The van der Waals surface area contributed by atoms with E-state index in [9.17, 15) is 29.7 Å². The number of nitrogens with one attached hydrogen (secondary N) is 1. The maximum absolute atomic E-state index is 12.5. The van der Waals surface area contributed by atoms with Crippen molar-refractivity contribution in [1.29, 1.82) is 0 Å². The van der Waals surface area contributed by atoms with Gasteiger partial charge in [-0.15, -0.1) is 0 Å². The fraction of sp³-hybridized carbons (Fsp3) is 0.545. The van der Waals surface area contributed by atoms with E-state index in [1.807, 2.05) is 50.2 Å². The first-order valence-electron chi connectivity index (χ1n) is 14.7. The molecule has 7 atom stereocenters. The number of benzene rings is 2. The minimum Gasteiger partial charge on any atom is -0.481 e. The maximum atomic E-state index is 12.5. The van der Waals surface area contributed by atoms with Crippen molar-refractivity contribution in [3.05, 3.63) is 71.8 Å². The van der Waals surface area contributed by atoms with Crippen molar-refractivity contribution >= 4 is 17.8 Å². The Morgan fingerprint density at radius 3 is 2.09 bits per heavy atom. The zero-order valence-corrected chi connectivity index (χ0v) is 24.9. The molecule has 1 aliphatic rings. The van der Waals surface area contributed by atoms with Gasteiger partial charge in [0.2, 0.25) is 5.91 Å². The van der Waals surface area contributed by atoms with Gasteiger partial charge in [0.15, 0.2) is 0 Å². The maximum Gasteiger partial charge on any atom is 0.306 e. The summed E-state index contributed by atoms with van der Waals surface area (Å²) in [5.41, 5.74) is 6.85. The number of amides is 1. The van der Waals surface area contributed by atoms with E-state index in [-0.39, 0.29) is 64.3 Å². The molecule has 246 valence electrons. The summed E-state index contributed by atoms with van der Waals surface area (Å²) < 4.78 is 11.5. The highest BCUT2D eigenvalue weighted by Crippen LogP contribution is 2.28. The fourth-order valence-electron chi connectivity index (χ4n) is 4.59. The Morgan fingerprint density at radius 1 is 0.932 bits per heavy atom. The Kier molecular flexibility index (Phi) is 18.1. The van der Waals surface area contributed by atoms with Crippen molar-refractivity contribution in [2.75, 3.05) is 13.1 Å². The smallest absolute Gasteiger partial charge is 0.306 e. The molecular weight excluding hydrogens is 568 g/mol. The number of hydrogen-bond acceptors (Lipinski definition) is 9. The second-order valence-corrected chi connectivity index (χ2v) is 10.9. The van der Waals surface area contributed by atoms with Crippen molar-refractivity contribution in [3.63, 3.8) is 0 Å². The number of hydrogen-bond donors (Lipinski definition) is 6. The van der Waals surface area contributed by atoms with E-state index in [2.05, 4.69) is 5.32 Å². The van der Waals surface area contributed by atoms with Gasteiger partial charge >= 0.3 is 11.9 Å². The van der Waals surface area contributed by atoms with Gasteiger partial charge in [0.25, 0.3) is 0 Å². The molecule has 1 fully saturated rings. The molecule has 2 unspecified atom stereocenters. The van der Waals surface area contributed by atoms with Crippen molar-refractivity contribution in [2.24, 2.45) is 11.7 Å². The van der Waals surface area contributed by atoms with Crippen molar-refractivity contribution in [3.8, 4) is 0 Å². The van der Waals surface area contributed by atoms with Crippen LogP contribution in [0.15, 0.2) is 60.7 Å². The number of carboxylic acid groups (broad SMARTS) is 1. The number of carbonyl (C=O) groups is 3. The predicted molar refractivity (Wildman–Crippen MR) is 166 cm³/mol. The van der Waals surface area contributed by atoms with E-state index >= 15 is 0 Å². The largest absolute Gasteiger partial charge is 0.481 e. The van der Waals surface area contributed by atoms with Crippen molar-refractivity contribution < 1.29 is 44.3 Å². The molecule has 0 aliphatic heterocycles. The molecule has 1 aliphatic carbocycles. The highest BCUT2D eigenvalue weighted by atomic mass is 16.5. The fourth-order valence-corrected chi connectivity index (χ4v) is 4.59. The lowest BCUT2D eigenvalue weighted by atomic mass is 9.84. The molecule has 0 radical (unpaired) electrons. The molecule has 0 heterocycles. The van der Waals surface area contributed by atoms with Gasteiger partial charge in [-0.2, -0.15) is 0 Å². The van der Waals surface area contributed by atoms with Crippen molar-refractivity contribution in [1.82, 2.24) is 5.32 Å². The Labute approximate surface area is 260 Å². The number of aliphatic hydroxyl groups is 3. The monoisotopic (exact) mass is 618 g/mol. The standard InChI is InChI=1S/C24H35NO8.C8H11NO.CH4/c1-15-12-20(19(27)13-18(15)26)32-16(2)8-11-24(31)33-21(17-6-4-3-5-7-17)14-25-22(28)9-10-23(29)30;9-6-8(10)7-4-2-1-3-5-7;/h3-7,15-16,18-21,26-27H,8-14H2,1-2H3,(H,25,28)(H,29,30);1-5,8,10H,6,9H2;1H4/t15?,16-,18-,19?,20-,21-;8-;/m11./s1. The molecule has 0 spiro atoms. The summed E-state index contributed by atoms with van der Waals surface area (Å²) in [6, 6.07) is 18.4. The molecule has 2 aromatic carbocycles. The van der Waals surface area contributed by atoms with E-state index in [4.69, 9.17) is 20.3 Å². The highest BCUT2D eigenvalue weighted by Gasteiger charge is 2.34. The number of carboxylic acids is 1. The molecule has 0 bridgehead atoms. The number of ether oxygens (including phenoxy) is 2. The molecule has 1 amide bonds. The molecule has 2 aromatic rings. The summed E-state index contributed by atoms with van der Waals surface area (Å²) in [4.78, 5) is 35.0. The average molecular weight is 619 g/mol. The number of aliphatic carboxylic acids is 1. The number of carbonyl (C=O) groups excluding carboxylic acids is 2. The van der Waals surface area contributed by atoms with Gasteiger partial charge in [-0.1, -0.05) is 75.0 Å². The lowest BCUT2D eigenvalue weighted by Crippen LogP contribution is -2.43. The van der Waals surface area contributed by atoms with Crippen LogP contribution in [0.5, 0.6) is 0 Å². The van der Waals surface area contributed by atoms with Crippen LogP contribution in [0.1, 0.15) is 83.1 Å². The quantitative estimate of drug-likeness (QED) is 0.171. The predicted octanol–water partition coefficient (Wildman–Crippen LogP) is 3.27. The molecule has 0 aromatic heterocycles. The molecule has 0 saturated heterocycles. The van der Waals surface area contributed by atoms with Crippen molar-refractivity contribution in [2.45, 2.75) is 96.4 Å². The summed E-state index contributed by atoms with van der Waals surface area (Å²) in [5.74, 6) is -1.90. The lowest BCUT2D eigenvalue weighted by molar-refractivity contribution is -0.152. The molecule has 11 heteroatoms. The normalized spacial score (nSPS) is 21.3. The minimum atomic E-state index is -1.06. The Morgan fingerprint density at radius 2 is 1.52 bits per heavy atom. The van der Waals surface area contributed by atoms with Crippen LogP contribution in [0, 0.1) is 5.92 Å². The number of rotatable bonds is 14. The summed E-state index contributed by atoms with van der Waals surface area (Å²) >= 11 is 0.